The number of hydrogen-bond donors (Lipinski definition) is 3. The number of hydrogen-bond acceptors (Lipinski definition) is 7. The molecule has 0 radical (unpaired) electrons. The van der Waals surface area contributed by atoms with Crippen LogP contribution in [0.1, 0.15) is 86.3 Å². The van der Waals surface area contributed by atoms with Crippen LogP contribution in [0.2, 0.25) is 0 Å². The fourth-order valence-electron chi connectivity index (χ4n) is 4.51. The van der Waals surface area contributed by atoms with Gasteiger partial charge in [-0.2, -0.15) is 0 Å². The molecule has 3 N–H and O–H groups in total. The van der Waals surface area contributed by atoms with Gasteiger partial charge in [0.1, 0.15) is 11.5 Å². The Hall–Kier alpha value is -4.43. The number of halogens is 1. The third-order valence-electron chi connectivity index (χ3n) is 6.99. The minimum atomic E-state index is -0.631. The van der Waals surface area contributed by atoms with Crippen molar-refractivity contribution in [1.29, 1.82) is 0 Å². The highest BCUT2D eigenvalue weighted by Gasteiger charge is 2.28. The van der Waals surface area contributed by atoms with Gasteiger partial charge in [-0.3, -0.25) is 24.5 Å². The van der Waals surface area contributed by atoms with E-state index in [1.807, 2.05) is 18.2 Å². The molecule has 1 aliphatic rings. The molecule has 240 valence electrons. The molecule has 0 aromatic heterocycles. The zero-order chi connectivity index (χ0) is 31.9. The van der Waals surface area contributed by atoms with Crippen LogP contribution in [0.4, 0.5) is 5.69 Å². The molecule has 8 nitrogen and oxygen atoms in total. The molecule has 1 heterocycles. The van der Waals surface area contributed by atoms with Gasteiger partial charge in [0.2, 0.25) is 5.91 Å². The zero-order valence-corrected chi connectivity index (χ0v) is 25.9. The molecule has 0 bridgehead atoms. The van der Waals surface area contributed by atoms with Gasteiger partial charge in [-0.15, -0.1) is 11.6 Å². The average molecular weight is 635 g/mol. The molecule has 1 aliphatic heterocycles. The number of unbranched alkanes of at least 4 members (excludes halogenated alkanes) is 5. The predicted octanol–water partition coefficient (Wildman–Crippen LogP) is 7.46. The number of anilines is 1. The molecule has 45 heavy (non-hydrogen) atoms. The number of imide groups is 1. The summed E-state index contributed by atoms with van der Waals surface area (Å²) < 4.78 is 5.80. The molecule has 1 fully saturated rings. The number of carbonyl (C=O) groups excluding carboxylic acids is 4. The second-order valence-electron chi connectivity index (χ2n) is 10.3. The zero-order valence-electron chi connectivity index (χ0n) is 25.2. The molecule has 0 aliphatic carbocycles. The third-order valence-corrected chi connectivity index (χ3v) is 7.28. The van der Waals surface area contributed by atoms with Gasteiger partial charge in [0, 0.05) is 29.9 Å². The molecule has 3 aromatic rings. The van der Waals surface area contributed by atoms with Crippen LogP contribution in [0.3, 0.4) is 0 Å². The van der Waals surface area contributed by atoms with Crippen LogP contribution in [0.25, 0.3) is 6.08 Å². The molecular formula is C36H43ClN2O6. The van der Waals surface area contributed by atoms with Gasteiger partial charge in [-0.1, -0.05) is 88.9 Å². The van der Waals surface area contributed by atoms with Crippen LogP contribution in [-0.2, 0) is 20.3 Å². The normalized spacial score (nSPS) is 13.3. The Bertz CT molecular complexity index is 1450. The molecule has 0 unspecified atom stereocenters. The summed E-state index contributed by atoms with van der Waals surface area (Å²) in [6, 6.07) is 19.3. The van der Waals surface area contributed by atoms with Crippen molar-refractivity contribution in [2.45, 2.75) is 65.2 Å². The van der Waals surface area contributed by atoms with Gasteiger partial charge < -0.3 is 15.2 Å². The Morgan fingerprint density at radius 1 is 0.978 bits per heavy atom. The lowest BCUT2D eigenvalue weighted by molar-refractivity contribution is -0.134. The molecule has 2 amide bonds. The quantitative estimate of drug-likeness (QED) is 0.0339. The standard InChI is InChI=1S/C22H27ClO3.C13H12N2O3.CH4/c1-2-3-4-5-6-10-13-26-21-15-20(24)19(14-18(21)16-23)22(25)17-11-8-7-9-12-17;1-14-9-4-2-8(3-5-9)6-10-11(16)7-12(17)15-13(10)18;/h7-9,11-12,14-15,24H,2-6,10,13,16H2,1H3;2-6,14H,7H2,1H3,(H,15,17,18);1H4/b;10-6+;. The highest BCUT2D eigenvalue weighted by atomic mass is 35.5. The van der Waals surface area contributed by atoms with E-state index in [0.29, 0.717) is 17.9 Å². The van der Waals surface area contributed by atoms with Crippen LogP contribution in [-0.4, -0.2) is 42.1 Å². The molecule has 9 heteroatoms. The Morgan fingerprint density at radius 3 is 2.27 bits per heavy atom. The highest BCUT2D eigenvalue weighted by molar-refractivity contribution is 6.32. The Labute approximate surface area is 270 Å². The second kappa shape index (κ2) is 19.1. The summed E-state index contributed by atoms with van der Waals surface area (Å²) in [6.45, 7) is 2.79. The Kier molecular flexibility index (Phi) is 15.6. The van der Waals surface area contributed by atoms with Gasteiger partial charge in [0.25, 0.3) is 5.91 Å². The van der Waals surface area contributed by atoms with Crippen LogP contribution >= 0.6 is 11.6 Å². The number of nitrogens with one attached hydrogen (secondary N) is 2. The summed E-state index contributed by atoms with van der Waals surface area (Å²) in [4.78, 5) is 46.7. The largest absolute Gasteiger partial charge is 0.507 e. The second-order valence-corrected chi connectivity index (χ2v) is 10.6. The number of benzene rings is 3. The molecular weight excluding hydrogens is 592 g/mol. The summed E-state index contributed by atoms with van der Waals surface area (Å²) >= 11 is 6.03. The number of piperidine rings is 1. The van der Waals surface area contributed by atoms with Gasteiger partial charge in [-0.25, -0.2) is 0 Å². The maximum atomic E-state index is 12.6. The van der Waals surface area contributed by atoms with E-state index in [1.165, 1.54) is 37.8 Å². The van der Waals surface area contributed by atoms with E-state index in [4.69, 9.17) is 16.3 Å². The number of ketones is 2. The van der Waals surface area contributed by atoms with Crippen molar-refractivity contribution in [3.63, 3.8) is 0 Å². The Morgan fingerprint density at radius 2 is 1.64 bits per heavy atom. The first-order valence-electron chi connectivity index (χ1n) is 14.8. The van der Waals surface area contributed by atoms with Crippen LogP contribution in [0, 0.1) is 0 Å². The fraction of sp³-hybridized carbons (Fsp3) is 0.333. The molecule has 3 aromatic carbocycles. The average Bonchev–Trinajstić information content (AvgIpc) is 3.03. The monoisotopic (exact) mass is 634 g/mol. The van der Waals surface area contributed by atoms with Crippen LogP contribution in [0.15, 0.2) is 72.3 Å². The smallest absolute Gasteiger partial charge is 0.261 e. The number of alkyl halides is 1. The van der Waals surface area contributed by atoms with E-state index in [1.54, 1.807) is 49.5 Å². The van der Waals surface area contributed by atoms with Crippen LogP contribution < -0.4 is 15.4 Å². The summed E-state index contributed by atoms with van der Waals surface area (Å²) in [7, 11) is 1.80. The first-order valence-corrected chi connectivity index (χ1v) is 15.3. The number of carbonyl (C=O) groups is 4. The molecule has 0 atom stereocenters. The first kappa shape index (κ1) is 36.8. The lowest BCUT2D eigenvalue weighted by Gasteiger charge is -2.13. The van der Waals surface area contributed by atoms with E-state index < -0.39 is 17.6 Å². The van der Waals surface area contributed by atoms with E-state index in [0.717, 1.165) is 29.7 Å². The summed E-state index contributed by atoms with van der Waals surface area (Å²) in [6.07, 6.45) is 8.32. The van der Waals surface area contributed by atoms with Crippen molar-refractivity contribution in [2.75, 3.05) is 19.0 Å². The van der Waals surface area contributed by atoms with E-state index in [-0.39, 0.29) is 42.4 Å². The van der Waals surface area contributed by atoms with Crippen molar-refractivity contribution in [1.82, 2.24) is 5.32 Å². The van der Waals surface area contributed by atoms with E-state index in [2.05, 4.69) is 17.6 Å². The van der Waals surface area contributed by atoms with Gasteiger partial charge >= 0.3 is 0 Å². The third kappa shape index (κ3) is 11.2. The molecule has 0 spiro atoms. The van der Waals surface area contributed by atoms with Crippen molar-refractivity contribution >= 4 is 46.7 Å². The number of phenols is 1. The van der Waals surface area contributed by atoms with E-state index >= 15 is 0 Å². The molecule has 0 saturated carbocycles. The summed E-state index contributed by atoms with van der Waals surface area (Å²) in [5.41, 5.74) is 3.19. The van der Waals surface area contributed by atoms with Crippen molar-refractivity contribution in [2.24, 2.45) is 0 Å². The number of ether oxygens (including phenoxy) is 1. The lowest BCUT2D eigenvalue weighted by Crippen LogP contribution is -2.40. The van der Waals surface area contributed by atoms with Crippen molar-refractivity contribution in [3.8, 4) is 11.5 Å². The number of rotatable bonds is 13. The number of amides is 2. The van der Waals surface area contributed by atoms with E-state index in [9.17, 15) is 24.3 Å². The van der Waals surface area contributed by atoms with Crippen molar-refractivity contribution in [3.05, 3.63) is 94.6 Å². The predicted molar refractivity (Wildman–Crippen MR) is 180 cm³/mol. The van der Waals surface area contributed by atoms with Gasteiger partial charge in [0.15, 0.2) is 11.6 Å². The maximum Gasteiger partial charge on any atom is 0.261 e. The number of phenolic OH excluding ortho intramolecular Hbond substituents is 1. The van der Waals surface area contributed by atoms with Gasteiger partial charge in [-0.05, 0) is 36.3 Å². The SMILES string of the molecule is C.CCCCCCCCOc1cc(O)c(C(=O)c2ccccc2)cc1CCl.CNc1ccc(/C=C2\C(=O)CC(=O)NC2=O)cc1. The summed E-state index contributed by atoms with van der Waals surface area (Å²) in [5.74, 6) is -1.15. The molecule has 4 rings (SSSR count). The van der Waals surface area contributed by atoms with Crippen molar-refractivity contribution < 1.29 is 29.0 Å². The Balaban J connectivity index is 0.000000326. The number of aromatic hydroxyl groups is 1. The topological polar surface area (TPSA) is 122 Å². The van der Waals surface area contributed by atoms with Gasteiger partial charge in [0.05, 0.1) is 30.0 Å². The molecule has 1 saturated heterocycles. The minimum Gasteiger partial charge on any atom is -0.507 e. The fourth-order valence-corrected chi connectivity index (χ4v) is 4.72. The highest BCUT2D eigenvalue weighted by Crippen LogP contribution is 2.31. The number of Topliss-reactive ketones (excluding diaryl/α,β-unsaturated/α-hetero) is 1. The maximum absolute atomic E-state index is 12.6. The minimum absolute atomic E-state index is 0. The van der Waals surface area contributed by atoms with Crippen LogP contribution in [0.5, 0.6) is 11.5 Å². The lowest BCUT2D eigenvalue weighted by atomic mass is 10.00. The first-order chi connectivity index (χ1) is 21.3. The summed E-state index contributed by atoms with van der Waals surface area (Å²) in [5, 5.41) is 15.4.